The van der Waals surface area contributed by atoms with Crippen molar-refractivity contribution in [1.82, 2.24) is 0 Å². The van der Waals surface area contributed by atoms with E-state index in [-0.39, 0.29) is 32.0 Å². The van der Waals surface area contributed by atoms with Crippen LogP contribution in [0.15, 0.2) is 36.5 Å². The van der Waals surface area contributed by atoms with Gasteiger partial charge in [0.2, 0.25) is 0 Å². The molecule has 0 heterocycles. The molecule has 0 amide bonds. The molecule has 9 nitrogen and oxygen atoms in total. The number of ether oxygens (including phenoxy) is 2. The molecule has 0 bridgehead atoms. The van der Waals surface area contributed by atoms with Crippen molar-refractivity contribution < 1.29 is 42.1 Å². The molecule has 0 radical (unpaired) electrons. The average Bonchev–Trinajstić information content (AvgIpc) is 3.26. The molecule has 0 aromatic rings. The molecule has 2 atom stereocenters. The summed E-state index contributed by atoms with van der Waals surface area (Å²) in [5, 5.41) is 0. The molecule has 0 saturated carbocycles. The molecule has 0 fully saturated rings. The van der Waals surface area contributed by atoms with Gasteiger partial charge < -0.3 is 27.9 Å². The van der Waals surface area contributed by atoms with E-state index in [4.69, 9.17) is 18.5 Å². The Morgan fingerprint density at radius 2 is 0.831 bits per heavy atom. The number of carbonyl (C=O) groups is 2. The quantitative estimate of drug-likeness (QED) is 0.0195. The van der Waals surface area contributed by atoms with Crippen molar-refractivity contribution in [3.63, 3.8) is 0 Å². The fourth-order valence-electron chi connectivity index (χ4n) is 7.66. The number of hydrogen-bond donors (Lipinski definition) is 0. The number of likely N-dealkylation sites (N-methyl/N-ethyl adjacent to an activating group) is 1. The van der Waals surface area contributed by atoms with Crippen LogP contribution in [-0.2, 0) is 32.7 Å². The minimum absolute atomic E-state index is 0.0313. The second kappa shape index (κ2) is 47.3. The van der Waals surface area contributed by atoms with Gasteiger partial charge in [-0.15, -0.1) is 0 Å². The maximum Gasteiger partial charge on any atom is 0.306 e. The van der Waals surface area contributed by atoms with Crippen molar-refractivity contribution in [3.8, 4) is 0 Å². The largest absolute Gasteiger partial charge is 0.756 e. The van der Waals surface area contributed by atoms with Gasteiger partial charge in [0.15, 0.2) is 6.10 Å². The summed E-state index contributed by atoms with van der Waals surface area (Å²) in [4.78, 5) is 37.8. The second-order valence-corrected chi connectivity index (χ2v) is 21.0. The van der Waals surface area contributed by atoms with Crippen LogP contribution in [-0.4, -0.2) is 70.0 Å². The average molecular weight is 938 g/mol. The van der Waals surface area contributed by atoms with Crippen LogP contribution in [0.5, 0.6) is 0 Å². The van der Waals surface area contributed by atoms with E-state index in [1.165, 1.54) is 161 Å². The second-order valence-electron chi connectivity index (χ2n) is 19.6. The lowest BCUT2D eigenvalue weighted by Gasteiger charge is -2.28. The van der Waals surface area contributed by atoms with Crippen LogP contribution in [0.1, 0.15) is 251 Å². The van der Waals surface area contributed by atoms with E-state index in [9.17, 15) is 19.0 Å². The molecule has 0 rings (SSSR count). The van der Waals surface area contributed by atoms with Gasteiger partial charge in [-0.1, -0.05) is 224 Å². The number of quaternary nitrogens is 1. The van der Waals surface area contributed by atoms with E-state index < -0.39 is 26.5 Å². The summed E-state index contributed by atoms with van der Waals surface area (Å²) in [5.41, 5.74) is 0. The first-order valence-corrected chi connectivity index (χ1v) is 28.7. The number of unbranched alkanes of at least 4 members (excludes halogenated alkanes) is 30. The van der Waals surface area contributed by atoms with Gasteiger partial charge in [0, 0.05) is 12.8 Å². The Balaban J connectivity index is 4.22. The molecular formula is C55H104NO8P. The predicted octanol–water partition coefficient (Wildman–Crippen LogP) is 15.8. The molecule has 0 aliphatic carbocycles. The summed E-state index contributed by atoms with van der Waals surface area (Å²) in [6, 6.07) is 0. The number of phosphoric acid groups is 1. The molecule has 0 N–H and O–H groups in total. The molecule has 0 saturated heterocycles. The zero-order valence-corrected chi connectivity index (χ0v) is 44.1. The smallest absolute Gasteiger partial charge is 0.306 e. The minimum atomic E-state index is -4.63. The van der Waals surface area contributed by atoms with E-state index in [1.54, 1.807) is 0 Å². The third-order valence-electron chi connectivity index (χ3n) is 11.9. The molecule has 0 aromatic carbocycles. The van der Waals surface area contributed by atoms with Crippen LogP contribution < -0.4 is 4.89 Å². The topological polar surface area (TPSA) is 111 Å². The third kappa shape index (κ3) is 51.5. The Labute approximate surface area is 401 Å². The highest BCUT2D eigenvalue weighted by Crippen LogP contribution is 2.38. The standard InChI is InChI=1S/C55H104NO8P/c1-6-8-10-12-14-16-18-20-22-24-26-27-28-29-30-32-34-36-38-40-42-44-46-48-55(58)64-53(52-63-65(59,60)62-50-49-56(3,4)5)51-61-54(57)47-45-43-41-39-37-35-33-31-25-23-21-19-17-15-13-11-9-7-2/h18,20,24,26,28-29,53H,6-17,19,21-23,25,27,30-52H2,1-5H3/b20-18-,26-24-,29-28-. The summed E-state index contributed by atoms with van der Waals surface area (Å²) in [6.45, 7) is 4.25. The maximum absolute atomic E-state index is 12.8. The summed E-state index contributed by atoms with van der Waals surface area (Å²) in [6.07, 6.45) is 56.0. The zero-order chi connectivity index (χ0) is 47.8. The van der Waals surface area contributed by atoms with E-state index in [0.29, 0.717) is 17.4 Å². The van der Waals surface area contributed by atoms with Gasteiger partial charge in [0.1, 0.15) is 19.8 Å². The first kappa shape index (κ1) is 63.2. The van der Waals surface area contributed by atoms with Crippen molar-refractivity contribution in [2.24, 2.45) is 0 Å². The predicted molar refractivity (Wildman–Crippen MR) is 273 cm³/mol. The normalized spacial score (nSPS) is 13.6. The van der Waals surface area contributed by atoms with Crippen molar-refractivity contribution in [3.05, 3.63) is 36.5 Å². The summed E-state index contributed by atoms with van der Waals surface area (Å²) in [5.74, 6) is -0.831. The third-order valence-corrected chi connectivity index (χ3v) is 12.9. The molecule has 65 heavy (non-hydrogen) atoms. The van der Waals surface area contributed by atoms with Gasteiger partial charge in [0.05, 0.1) is 27.7 Å². The van der Waals surface area contributed by atoms with Gasteiger partial charge >= 0.3 is 11.9 Å². The number of phosphoric ester groups is 1. The van der Waals surface area contributed by atoms with Gasteiger partial charge in [-0.25, -0.2) is 0 Å². The highest BCUT2D eigenvalue weighted by molar-refractivity contribution is 7.45. The van der Waals surface area contributed by atoms with Crippen LogP contribution in [0.2, 0.25) is 0 Å². The number of esters is 2. The van der Waals surface area contributed by atoms with Crippen molar-refractivity contribution in [1.29, 1.82) is 0 Å². The molecule has 0 aromatic heterocycles. The molecule has 0 aliphatic heterocycles. The van der Waals surface area contributed by atoms with Gasteiger partial charge in [-0.2, -0.15) is 0 Å². The monoisotopic (exact) mass is 938 g/mol. The first-order chi connectivity index (χ1) is 31.5. The lowest BCUT2D eigenvalue weighted by Crippen LogP contribution is -2.37. The van der Waals surface area contributed by atoms with Crippen LogP contribution >= 0.6 is 7.82 Å². The molecule has 10 heteroatoms. The number of rotatable bonds is 50. The lowest BCUT2D eigenvalue weighted by atomic mass is 10.0. The van der Waals surface area contributed by atoms with Crippen LogP contribution in [0.4, 0.5) is 0 Å². The Morgan fingerprint density at radius 3 is 1.23 bits per heavy atom. The highest BCUT2D eigenvalue weighted by Gasteiger charge is 2.21. The fourth-order valence-corrected chi connectivity index (χ4v) is 8.39. The van der Waals surface area contributed by atoms with Crippen molar-refractivity contribution >= 4 is 19.8 Å². The SMILES string of the molecule is CCCCCCC/C=C\C/C=C\C/C=C\CCCCCCCCCCC(=O)OC(COC(=O)CCCCCCCCCCCCCCCCCCCC)COP(=O)([O-])OCC[N+](C)(C)C. The first-order valence-electron chi connectivity index (χ1n) is 27.2. The number of allylic oxidation sites excluding steroid dienone is 6. The summed E-state index contributed by atoms with van der Waals surface area (Å²) in [7, 11) is 1.17. The van der Waals surface area contributed by atoms with Crippen LogP contribution in [0.25, 0.3) is 0 Å². The van der Waals surface area contributed by atoms with Gasteiger partial charge in [0.25, 0.3) is 7.82 Å². The van der Waals surface area contributed by atoms with Gasteiger partial charge in [-0.05, 0) is 51.4 Å². The zero-order valence-electron chi connectivity index (χ0n) is 43.2. The number of hydrogen-bond acceptors (Lipinski definition) is 8. The highest BCUT2D eigenvalue weighted by atomic mass is 31.2. The minimum Gasteiger partial charge on any atom is -0.756 e. The van der Waals surface area contributed by atoms with E-state index in [0.717, 1.165) is 57.8 Å². The summed E-state index contributed by atoms with van der Waals surface area (Å²) < 4.78 is 34.1. The molecule has 382 valence electrons. The summed E-state index contributed by atoms with van der Waals surface area (Å²) >= 11 is 0. The maximum atomic E-state index is 12.8. The van der Waals surface area contributed by atoms with Crippen LogP contribution in [0, 0.1) is 0 Å². The van der Waals surface area contributed by atoms with Crippen LogP contribution in [0.3, 0.4) is 0 Å². The van der Waals surface area contributed by atoms with Crippen molar-refractivity contribution in [2.45, 2.75) is 258 Å². The Morgan fingerprint density at radius 1 is 0.477 bits per heavy atom. The fraction of sp³-hybridized carbons (Fsp3) is 0.855. The van der Waals surface area contributed by atoms with Gasteiger partial charge in [-0.3, -0.25) is 14.2 Å². The number of nitrogens with zero attached hydrogens (tertiary/aromatic N) is 1. The molecule has 0 spiro atoms. The lowest BCUT2D eigenvalue weighted by molar-refractivity contribution is -0.870. The molecule has 2 unspecified atom stereocenters. The Kier molecular flexibility index (Phi) is 46.0. The van der Waals surface area contributed by atoms with E-state index >= 15 is 0 Å². The van der Waals surface area contributed by atoms with Crippen molar-refractivity contribution in [2.75, 3.05) is 47.5 Å². The van der Waals surface area contributed by atoms with E-state index in [1.807, 2.05) is 21.1 Å². The Bertz CT molecular complexity index is 1200. The van der Waals surface area contributed by atoms with E-state index in [2.05, 4.69) is 50.3 Å². The molecule has 0 aliphatic rings. The Hall–Kier alpha value is -1.77. The number of carbonyl (C=O) groups excluding carboxylic acids is 2. The molecular weight excluding hydrogens is 834 g/mol.